The SMILES string of the molecule is C/C(=C1\SC(=S)N(c2cccc(C(=O)[O-])c2)C1=O)c1cccc(Br)c1. The highest BCUT2D eigenvalue weighted by Gasteiger charge is 2.35. The Bertz CT molecular complexity index is 939. The van der Waals surface area contributed by atoms with E-state index in [9.17, 15) is 14.7 Å². The highest BCUT2D eigenvalue weighted by atomic mass is 79.9. The fraction of sp³-hybridized carbons (Fsp3) is 0.0556. The van der Waals surface area contributed by atoms with E-state index >= 15 is 0 Å². The van der Waals surface area contributed by atoms with Gasteiger partial charge in [0.1, 0.15) is 0 Å². The number of thiocarbonyl (C=S) groups is 1. The molecule has 126 valence electrons. The van der Waals surface area contributed by atoms with Crippen molar-refractivity contribution in [2.45, 2.75) is 6.92 Å². The van der Waals surface area contributed by atoms with Crippen molar-refractivity contribution in [1.29, 1.82) is 0 Å². The molecule has 7 heteroatoms. The normalized spacial score (nSPS) is 16.3. The predicted octanol–water partition coefficient (Wildman–Crippen LogP) is 3.61. The van der Waals surface area contributed by atoms with Crippen LogP contribution in [0.3, 0.4) is 0 Å². The molecule has 2 aromatic rings. The van der Waals surface area contributed by atoms with Crippen LogP contribution < -0.4 is 10.0 Å². The van der Waals surface area contributed by atoms with E-state index in [0.717, 1.165) is 15.6 Å². The van der Waals surface area contributed by atoms with Gasteiger partial charge in [-0.1, -0.05) is 64.2 Å². The number of nitrogens with zero attached hydrogens (tertiary/aromatic N) is 1. The molecule has 1 fully saturated rings. The molecule has 0 aliphatic carbocycles. The molecule has 0 bridgehead atoms. The Morgan fingerprint density at radius 1 is 1.16 bits per heavy atom. The molecule has 2 aromatic carbocycles. The van der Waals surface area contributed by atoms with Gasteiger partial charge in [0.25, 0.3) is 5.91 Å². The summed E-state index contributed by atoms with van der Waals surface area (Å²) in [7, 11) is 0. The summed E-state index contributed by atoms with van der Waals surface area (Å²) in [6, 6.07) is 13.7. The molecule has 1 heterocycles. The molecule has 1 saturated heterocycles. The van der Waals surface area contributed by atoms with Crippen LogP contribution in [0, 0.1) is 0 Å². The van der Waals surface area contributed by atoms with Crippen molar-refractivity contribution in [1.82, 2.24) is 0 Å². The van der Waals surface area contributed by atoms with E-state index in [1.165, 1.54) is 28.8 Å². The van der Waals surface area contributed by atoms with Crippen molar-refractivity contribution in [3.8, 4) is 0 Å². The number of carbonyl (C=O) groups is 2. The van der Waals surface area contributed by atoms with E-state index in [1.807, 2.05) is 31.2 Å². The Balaban J connectivity index is 2.02. The second-order valence-corrected chi connectivity index (χ2v) is 7.87. The van der Waals surface area contributed by atoms with Gasteiger partial charge >= 0.3 is 0 Å². The van der Waals surface area contributed by atoms with E-state index in [-0.39, 0.29) is 11.5 Å². The minimum atomic E-state index is -1.30. The summed E-state index contributed by atoms with van der Waals surface area (Å²) >= 11 is 9.97. The third kappa shape index (κ3) is 3.53. The Morgan fingerprint density at radius 2 is 1.84 bits per heavy atom. The molecule has 0 aromatic heterocycles. The summed E-state index contributed by atoms with van der Waals surface area (Å²) in [6.07, 6.45) is 0. The minimum absolute atomic E-state index is 0.000702. The quantitative estimate of drug-likeness (QED) is 0.547. The zero-order valence-electron chi connectivity index (χ0n) is 13.0. The molecule has 1 aliphatic heterocycles. The molecule has 0 atom stereocenters. The zero-order chi connectivity index (χ0) is 18.1. The monoisotopic (exact) mass is 432 g/mol. The Kier molecular flexibility index (Phi) is 5.08. The van der Waals surface area contributed by atoms with Gasteiger partial charge in [0.05, 0.1) is 16.6 Å². The summed E-state index contributed by atoms with van der Waals surface area (Å²) in [5.74, 6) is -1.56. The van der Waals surface area contributed by atoms with Gasteiger partial charge in [-0.3, -0.25) is 9.69 Å². The number of halogens is 1. The lowest BCUT2D eigenvalue weighted by molar-refractivity contribution is -0.255. The first kappa shape index (κ1) is 17.8. The number of benzene rings is 2. The van der Waals surface area contributed by atoms with Crippen LogP contribution in [0.25, 0.3) is 5.57 Å². The fourth-order valence-corrected chi connectivity index (χ4v) is 4.19. The Hall–Kier alpha value is -1.96. The van der Waals surface area contributed by atoms with Crippen LogP contribution >= 0.6 is 39.9 Å². The number of hydrogen-bond donors (Lipinski definition) is 0. The topological polar surface area (TPSA) is 60.4 Å². The highest BCUT2D eigenvalue weighted by molar-refractivity contribution is 9.10. The van der Waals surface area contributed by atoms with Gasteiger partial charge in [-0.15, -0.1) is 0 Å². The predicted molar refractivity (Wildman–Crippen MR) is 105 cm³/mol. The van der Waals surface area contributed by atoms with Crippen LogP contribution in [-0.2, 0) is 4.79 Å². The standard InChI is InChI=1S/C18H12BrNO3S2/c1-10(11-4-2-6-13(19)8-11)15-16(21)20(18(24)25-15)14-7-3-5-12(9-14)17(22)23/h2-9H,1H3,(H,22,23)/p-1/b15-10+. The summed E-state index contributed by atoms with van der Waals surface area (Å²) in [6.45, 7) is 1.87. The van der Waals surface area contributed by atoms with Crippen molar-refractivity contribution in [3.63, 3.8) is 0 Å². The maximum absolute atomic E-state index is 12.9. The molecule has 0 radical (unpaired) electrons. The molecule has 0 unspecified atom stereocenters. The number of amides is 1. The number of aromatic carboxylic acids is 1. The van der Waals surface area contributed by atoms with Crippen molar-refractivity contribution < 1.29 is 14.7 Å². The van der Waals surface area contributed by atoms with Crippen molar-refractivity contribution in [3.05, 3.63) is 69.0 Å². The van der Waals surface area contributed by atoms with Gasteiger partial charge in [0, 0.05) is 4.47 Å². The molecule has 4 nitrogen and oxygen atoms in total. The maximum atomic E-state index is 12.9. The molecule has 1 aliphatic rings. The molecule has 0 saturated carbocycles. The minimum Gasteiger partial charge on any atom is -0.545 e. The van der Waals surface area contributed by atoms with Gasteiger partial charge in [-0.2, -0.15) is 0 Å². The number of carboxylic acid groups (broad SMARTS) is 1. The number of thioether (sulfide) groups is 1. The van der Waals surface area contributed by atoms with E-state index in [0.29, 0.717) is 14.9 Å². The summed E-state index contributed by atoms with van der Waals surface area (Å²) in [5.41, 5.74) is 2.15. The first-order valence-corrected chi connectivity index (χ1v) is 9.25. The van der Waals surface area contributed by atoms with Crippen molar-refractivity contribution >= 4 is 67.4 Å². The van der Waals surface area contributed by atoms with Crippen LogP contribution in [-0.4, -0.2) is 16.2 Å². The summed E-state index contributed by atoms with van der Waals surface area (Å²) in [4.78, 5) is 25.8. The third-order valence-corrected chi connectivity index (χ3v) is 5.68. The van der Waals surface area contributed by atoms with Gasteiger partial charge in [-0.05, 0) is 47.9 Å². The van der Waals surface area contributed by atoms with E-state index < -0.39 is 5.97 Å². The van der Waals surface area contributed by atoms with Crippen molar-refractivity contribution in [2.24, 2.45) is 0 Å². The van der Waals surface area contributed by atoms with Gasteiger partial charge < -0.3 is 9.90 Å². The first-order valence-electron chi connectivity index (χ1n) is 7.23. The third-order valence-electron chi connectivity index (χ3n) is 3.71. The average molecular weight is 433 g/mol. The highest BCUT2D eigenvalue weighted by Crippen LogP contribution is 2.39. The van der Waals surface area contributed by atoms with Crippen LogP contribution in [0.5, 0.6) is 0 Å². The molecule has 0 spiro atoms. The Morgan fingerprint density at radius 3 is 2.52 bits per heavy atom. The Labute approximate surface area is 162 Å². The molecule has 3 rings (SSSR count). The number of rotatable bonds is 3. The molecule has 0 N–H and O–H groups in total. The number of allylic oxidation sites excluding steroid dienone is 1. The molecule has 1 amide bonds. The van der Waals surface area contributed by atoms with Crippen LogP contribution in [0.2, 0.25) is 0 Å². The van der Waals surface area contributed by atoms with Gasteiger partial charge in [0.2, 0.25) is 0 Å². The molecular weight excluding hydrogens is 422 g/mol. The number of carboxylic acids is 1. The largest absolute Gasteiger partial charge is 0.545 e. The van der Waals surface area contributed by atoms with Crippen LogP contribution in [0.4, 0.5) is 5.69 Å². The second-order valence-electron chi connectivity index (χ2n) is 5.31. The second kappa shape index (κ2) is 7.11. The zero-order valence-corrected chi connectivity index (χ0v) is 16.2. The van der Waals surface area contributed by atoms with Crippen molar-refractivity contribution in [2.75, 3.05) is 4.90 Å². The maximum Gasteiger partial charge on any atom is 0.271 e. The lowest BCUT2D eigenvalue weighted by Gasteiger charge is -2.16. The van der Waals surface area contributed by atoms with E-state index in [2.05, 4.69) is 15.9 Å². The first-order chi connectivity index (χ1) is 11.9. The lowest BCUT2D eigenvalue weighted by Crippen LogP contribution is -2.28. The molecule has 25 heavy (non-hydrogen) atoms. The van der Waals surface area contributed by atoms with Crippen LogP contribution in [0.15, 0.2) is 57.9 Å². The van der Waals surface area contributed by atoms with E-state index in [4.69, 9.17) is 12.2 Å². The van der Waals surface area contributed by atoms with Gasteiger partial charge in [-0.25, -0.2) is 0 Å². The fourth-order valence-electron chi connectivity index (χ4n) is 2.45. The lowest BCUT2D eigenvalue weighted by atomic mass is 10.1. The smallest absolute Gasteiger partial charge is 0.271 e. The number of hydrogen-bond acceptors (Lipinski definition) is 5. The number of carbonyl (C=O) groups excluding carboxylic acids is 2. The van der Waals surface area contributed by atoms with Gasteiger partial charge in [0.15, 0.2) is 4.32 Å². The summed E-state index contributed by atoms with van der Waals surface area (Å²) < 4.78 is 1.28. The van der Waals surface area contributed by atoms with Crippen LogP contribution in [0.1, 0.15) is 22.8 Å². The number of anilines is 1. The molecular formula is C18H11BrNO3S2-. The average Bonchev–Trinajstić information content (AvgIpc) is 2.88. The summed E-state index contributed by atoms with van der Waals surface area (Å²) in [5, 5.41) is 11.1. The van der Waals surface area contributed by atoms with E-state index in [1.54, 1.807) is 12.1 Å².